The van der Waals surface area contributed by atoms with E-state index in [4.69, 9.17) is 0 Å². The SMILES string of the molecule is CN=C(NCC1CCN(S(=O)(=O)C(F)F)CC1)N1CCc2ccccc21. The van der Waals surface area contributed by atoms with Crippen LogP contribution in [0.1, 0.15) is 18.4 Å². The fraction of sp³-hybridized carbons (Fsp3) is 0.588. The topological polar surface area (TPSA) is 65.0 Å². The minimum atomic E-state index is -4.46. The van der Waals surface area contributed by atoms with Crippen LogP contribution in [0.15, 0.2) is 29.3 Å². The van der Waals surface area contributed by atoms with E-state index < -0.39 is 15.8 Å². The van der Waals surface area contributed by atoms with Gasteiger partial charge < -0.3 is 10.2 Å². The Morgan fingerprint density at radius 1 is 1.27 bits per heavy atom. The van der Waals surface area contributed by atoms with Crippen LogP contribution in [0.25, 0.3) is 0 Å². The van der Waals surface area contributed by atoms with E-state index in [-0.39, 0.29) is 19.0 Å². The molecule has 2 aliphatic heterocycles. The Morgan fingerprint density at radius 3 is 2.62 bits per heavy atom. The van der Waals surface area contributed by atoms with Crippen molar-refractivity contribution in [1.82, 2.24) is 9.62 Å². The first kappa shape index (κ1) is 19.0. The third kappa shape index (κ3) is 3.83. The normalized spacial score (nSPS) is 19.8. The Bertz CT molecular complexity index is 762. The maximum absolute atomic E-state index is 12.6. The van der Waals surface area contributed by atoms with Crippen molar-refractivity contribution in [3.8, 4) is 0 Å². The number of halogens is 2. The molecule has 0 saturated carbocycles. The molecule has 144 valence electrons. The molecule has 1 aromatic rings. The molecule has 1 fully saturated rings. The Hall–Kier alpha value is -1.74. The van der Waals surface area contributed by atoms with Crippen molar-refractivity contribution in [2.75, 3.05) is 38.1 Å². The predicted molar refractivity (Wildman–Crippen MR) is 98.1 cm³/mol. The van der Waals surface area contributed by atoms with Crippen LogP contribution >= 0.6 is 0 Å². The molecule has 0 aromatic heterocycles. The highest BCUT2D eigenvalue weighted by Gasteiger charge is 2.34. The fourth-order valence-corrected chi connectivity index (χ4v) is 4.51. The van der Waals surface area contributed by atoms with Gasteiger partial charge in [-0.25, -0.2) is 8.42 Å². The molecule has 26 heavy (non-hydrogen) atoms. The summed E-state index contributed by atoms with van der Waals surface area (Å²) in [5.74, 6) is -2.32. The second-order valence-corrected chi connectivity index (χ2v) is 8.51. The number of aliphatic imine (C=N–C) groups is 1. The number of nitrogens with zero attached hydrogens (tertiary/aromatic N) is 3. The predicted octanol–water partition coefficient (Wildman–Crippen LogP) is 1.89. The molecule has 6 nitrogen and oxygen atoms in total. The van der Waals surface area contributed by atoms with Crippen LogP contribution in [0, 0.1) is 5.92 Å². The molecule has 0 amide bonds. The lowest BCUT2D eigenvalue weighted by Gasteiger charge is -2.32. The van der Waals surface area contributed by atoms with Crippen molar-refractivity contribution < 1.29 is 17.2 Å². The van der Waals surface area contributed by atoms with Gasteiger partial charge in [-0.15, -0.1) is 0 Å². The standard InChI is InChI=1S/C17H24F2N4O2S/c1-20-17(23-11-8-14-4-2-3-5-15(14)23)21-12-13-6-9-22(10-7-13)26(24,25)16(18)19/h2-5,13,16H,6-12H2,1H3,(H,20,21). The van der Waals surface area contributed by atoms with Crippen molar-refractivity contribution in [1.29, 1.82) is 0 Å². The molecular formula is C17H24F2N4O2S. The van der Waals surface area contributed by atoms with Crippen LogP contribution in [0.2, 0.25) is 0 Å². The number of sulfonamides is 1. The van der Waals surface area contributed by atoms with E-state index >= 15 is 0 Å². The number of alkyl halides is 2. The van der Waals surface area contributed by atoms with Crippen LogP contribution in [0.3, 0.4) is 0 Å². The van der Waals surface area contributed by atoms with E-state index in [0.29, 0.717) is 19.4 Å². The summed E-state index contributed by atoms with van der Waals surface area (Å²) in [5, 5.41) is 3.36. The van der Waals surface area contributed by atoms with Crippen LogP contribution in [0.4, 0.5) is 14.5 Å². The van der Waals surface area contributed by atoms with E-state index in [1.807, 2.05) is 12.1 Å². The number of benzene rings is 1. The number of fused-ring (bicyclic) bond motifs is 1. The van der Waals surface area contributed by atoms with Crippen molar-refractivity contribution in [2.24, 2.45) is 10.9 Å². The van der Waals surface area contributed by atoms with Crippen LogP contribution in [-0.2, 0) is 16.4 Å². The summed E-state index contributed by atoms with van der Waals surface area (Å²) >= 11 is 0. The highest BCUT2D eigenvalue weighted by molar-refractivity contribution is 7.89. The summed E-state index contributed by atoms with van der Waals surface area (Å²) in [4.78, 5) is 6.50. The quantitative estimate of drug-likeness (QED) is 0.634. The number of guanidine groups is 1. The molecule has 9 heteroatoms. The Morgan fingerprint density at radius 2 is 1.96 bits per heavy atom. The molecule has 0 atom stereocenters. The average Bonchev–Trinajstić information content (AvgIpc) is 3.07. The van der Waals surface area contributed by atoms with E-state index in [0.717, 1.165) is 28.9 Å². The van der Waals surface area contributed by atoms with Gasteiger partial charge in [-0.3, -0.25) is 4.99 Å². The number of hydrogen-bond acceptors (Lipinski definition) is 3. The molecule has 3 rings (SSSR count). The van der Waals surface area contributed by atoms with Gasteiger partial charge in [-0.2, -0.15) is 13.1 Å². The molecule has 1 aromatic carbocycles. The zero-order chi connectivity index (χ0) is 18.7. The van der Waals surface area contributed by atoms with Gasteiger partial charge in [0.1, 0.15) is 0 Å². The summed E-state index contributed by atoms with van der Waals surface area (Å²) < 4.78 is 49.2. The molecule has 0 unspecified atom stereocenters. The van der Waals surface area contributed by atoms with Gasteiger partial charge in [0.05, 0.1) is 0 Å². The van der Waals surface area contributed by atoms with Gasteiger partial charge in [0.15, 0.2) is 5.96 Å². The van der Waals surface area contributed by atoms with Crippen molar-refractivity contribution in [3.05, 3.63) is 29.8 Å². The van der Waals surface area contributed by atoms with Crippen molar-refractivity contribution >= 4 is 21.7 Å². The zero-order valence-corrected chi connectivity index (χ0v) is 15.6. The van der Waals surface area contributed by atoms with Gasteiger partial charge in [-0.1, -0.05) is 18.2 Å². The lowest BCUT2D eigenvalue weighted by Crippen LogP contribution is -2.46. The minimum Gasteiger partial charge on any atom is -0.356 e. The van der Waals surface area contributed by atoms with Crippen molar-refractivity contribution in [2.45, 2.75) is 25.0 Å². The largest absolute Gasteiger partial charge is 0.356 e. The molecular weight excluding hydrogens is 362 g/mol. The molecule has 1 saturated heterocycles. The Kier molecular flexibility index (Phi) is 5.76. The van der Waals surface area contributed by atoms with Gasteiger partial charge in [0, 0.05) is 38.9 Å². The monoisotopic (exact) mass is 386 g/mol. The molecule has 2 heterocycles. The van der Waals surface area contributed by atoms with E-state index in [1.54, 1.807) is 7.05 Å². The number of para-hydroxylation sites is 1. The third-order valence-electron chi connectivity index (χ3n) is 5.06. The Balaban J connectivity index is 1.54. The highest BCUT2D eigenvalue weighted by Crippen LogP contribution is 2.27. The molecule has 2 aliphatic rings. The maximum atomic E-state index is 12.6. The number of piperidine rings is 1. The molecule has 0 bridgehead atoms. The van der Waals surface area contributed by atoms with E-state index in [2.05, 4.69) is 27.3 Å². The van der Waals surface area contributed by atoms with E-state index in [1.165, 1.54) is 5.56 Å². The molecule has 0 radical (unpaired) electrons. The van der Waals surface area contributed by atoms with Gasteiger partial charge in [0.25, 0.3) is 10.0 Å². The molecule has 1 N–H and O–H groups in total. The smallest absolute Gasteiger partial charge is 0.350 e. The summed E-state index contributed by atoms with van der Waals surface area (Å²) in [6.45, 7) is 1.80. The lowest BCUT2D eigenvalue weighted by molar-refractivity contribution is 0.204. The molecule has 0 aliphatic carbocycles. The number of anilines is 1. The zero-order valence-electron chi connectivity index (χ0n) is 14.7. The number of nitrogens with one attached hydrogen (secondary N) is 1. The first-order chi connectivity index (χ1) is 12.4. The van der Waals surface area contributed by atoms with Gasteiger partial charge in [0.2, 0.25) is 0 Å². The maximum Gasteiger partial charge on any atom is 0.350 e. The van der Waals surface area contributed by atoms with E-state index in [9.17, 15) is 17.2 Å². The van der Waals surface area contributed by atoms with Crippen molar-refractivity contribution in [3.63, 3.8) is 0 Å². The third-order valence-corrected chi connectivity index (χ3v) is 6.60. The first-order valence-electron chi connectivity index (χ1n) is 8.76. The summed E-state index contributed by atoms with van der Waals surface area (Å²) in [6, 6.07) is 8.22. The minimum absolute atomic E-state index is 0.143. The fourth-order valence-electron chi connectivity index (χ4n) is 3.57. The Labute approximate surface area is 152 Å². The van der Waals surface area contributed by atoms with Gasteiger partial charge in [-0.05, 0) is 36.8 Å². The summed E-state index contributed by atoms with van der Waals surface area (Å²) in [6.07, 6.45) is 2.10. The number of rotatable bonds is 4. The summed E-state index contributed by atoms with van der Waals surface area (Å²) in [7, 11) is -2.72. The average molecular weight is 386 g/mol. The van der Waals surface area contributed by atoms with Crippen LogP contribution in [0.5, 0.6) is 0 Å². The number of hydrogen-bond donors (Lipinski definition) is 1. The highest BCUT2D eigenvalue weighted by atomic mass is 32.2. The lowest BCUT2D eigenvalue weighted by atomic mass is 9.98. The summed E-state index contributed by atoms with van der Waals surface area (Å²) in [5.41, 5.74) is 2.44. The first-order valence-corrected chi connectivity index (χ1v) is 10.3. The second-order valence-electron chi connectivity index (χ2n) is 6.61. The van der Waals surface area contributed by atoms with Crippen LogP contribution < -0.4 is 10.2 Å². The van der Waals surface area contributed by atoms with Gasteiger partial charge >= 0.3 is 5.76 Å². The molecule has 0 spiro atoms. The second kappa shape index (κ2) is 7.87. The van der Waals surface area contributed by atoms with Crippen LogP contribution in [-0.4, -0.2) is 57.7 Å².